The van der Waals surface area contributed by atoms with Gasteiger partial charge in [-0.15, -0.1) is 0 Å². The Bertz CT molecular complexity index is 932. The number of carbonyl (C=O) groups is 1. The maximum atomic E-state index is 12.8. The number of likely N-dealkylation sites (tertiary alicyclic amines) is 1. The zero-order valence-corrected chi connectivity index (χ0v) is 17.0. The van der Waals surface area contributed by atoms with Gasteiger partial charge in [0.1, 0.15) is 11.9 Å². The molecule has 2 fully saturated rings. The van der Waals surface area contributed by atoms with Crippen LogP contribution in [0.5, 0.6) is 0 Å². The summed E-state index contributed by atoms with van der Waals surface area (Å²) in [6.45, 7) is 2.67. The molecule has 1 aromatic heterocycles. The lowest BCUT2D eigenvalue weighted by atomic mass is 9.84. The molecule has 0 saturated carbocycles. The monoisotopic (exact) mass is 405 g/mol. The minimum Gasteiger partial charge on any atom is -0.370 e. The Morgan fingerprint density at radius 3 is 2.80 bits per heavy atom. The summed E-state index contributed by atoms with van der Waals surface area (Å²) in [6.07, 6.45) is 4.92. The highest BCUT2D eigenvalue weighted by Crippen LogP contribution is 2.36. The third-order valence-electron chi connectivity index (χ3n) is 6.27. The van der Waals surface area contributed by atoms with Crippen LogP contribution in [0.1, 0.15) is 31.2 Å². The highest BCUT2D eigenvalue weighted by Gasteiger charge is 2.44. The van der Waals surface area contributed by atoms with Crippen molar-refractivity contribution in [3.05, 3.63) is 54.2 Å². The summed E-state index contributed by atoms with van der Waals surface area (Å²) in [5.74, 6) is 1.84. The van der Waals surface area contributed by atoms with E-state index in [4.69, 9.17) is 9.73 Å². The first-order valence-electron chi connectivity index (χ1n) is 10.7. The Balaban J connectivity index is 1.37. The number of fused-ring (bicyclic) bond motifs is 1. The molecule has 5 rings (SSSR count). The highest BCUT2D eigenvalue weighted by molar-refractivity contribution is 6.08. The molecule has 3 aliphatic rings. The largest absolute Gasteiger partial charge is 0.370 e. The van der Waals surface area contributed by atoms with E-state index in [9.17, 15) is 4.79 Å². The average Bonchev–Trinajstić information content (AvgIpc) is 3.33. The number of piperidine rings is 1. The van der Waals surface area contributed by atoms with Gasteiger partial charge >= 0.3 is 0 Å². The summed E-state index contributed by atoms with van der Waals surface area (Å²) in [5.41, 5.74) is 1.83. The van der Waals surface area contributed by atoms with Gasteiger partial charge in [-0.3, -0.25) is 9.79 Å². The van der Waals surface area contributed by atoms with Gasteiger partial charge in [0.15, 0.2) is 5.82 Å². The van der Waals surface area contributed by atoms with E-state index in [-0.39, 0.29) is 17.6 Å². The van der Waals surface area contributed by atoms with Crippen LogP contribution in [0, 0.1) is 0 Å². The lowest BCUT2D eigenvalue weighted by Crippen LogP contribution is -2.60. The Morgan fingerprint density at radius 2 is 2.03 bits per heavy atom. The number of amidine groups is 1. The standard InChI is InChI=1S/C23H27N5O2/c29-21(19-9-5-15-30-19)28-13-10-23(11-14-28)22(25-16-17-6-2-1-3-7-17)26-20-18(27-23)8-4-12-24-20/h1-4,6-8,12,19,27H,5,9-11,13-16H2,(H,24,25,26)/t19-/m1/s1. The van der Waals surface area contributed by atoms with Crippen molar-refractivity contribution < 1.29 is 9.53 Å². The lowest BCUT2D eigenvalue weighted by molar-refractivity contribution is -0.142. The maximum Gasteiger partial charge on any atom is 0.251 e. The molecule has 1 amide bonds. The summed E-state index contributed by atoms with van der Waals surface area (Å²) in [7, 11) is 0. The van der Waals surface area contributed by atoms with Crippen LogP contribution in [-0.2, 0) is 16.1 Å². The second kappa shape index (κ2) is 8.07. The van der Waals surface area contributed by atoms with Crippen molar-refractivity contribution in [2.45, 2.75) is 43.9 Å². The summed E-state index contributed by atoms with van der Waals surface area (Å²) in [6, 6.07) is 14.2. The van der Waals surface area contributed by atoms with Crippen molar-refractivity contribution >= 4 is 23.2 Å². The molecule has 0 bridgehead atoms. The molecule has 30 heavy (non-hydrogen) atoms. The average molecular weight is 406 g/mol. The van der Waals surface area contributed by atoms with E-state index >= 15 is 0 Å². The molecule has 1 spiro atoms. The molecule has 0 radical (unpaired) electrons. The molecule has 3 aliphatic heterocycles. The number of benzene rings is 1. The minimum absolute atomic E-state index is 0.135. The normalized spacial score (nSPS) is 23.7. The number of aliphatic imine (C=N–C) groups is 1. The summed E-state index contributed by atoms with van der Waals surface area (Å²) in [5, 5.41) is 7.18. The quantitative estimate of drug-likeness (QED) is 0.821. The van der Waals surface area contributed by atoms with Gasteiger partial charge in [-0.25, -0.2) is 4.98 Å². The number of carbonyl (C=O) groups excluding carboxylic acids is 1. The third-order valence-corrected chi connectivity index (χ3v) is 6.27. The first-order chi connectivity index (χ1) is 14.7. The topological polar surface area (TPSA) is 78.8 Å². The SMILES string of the molecule is O=C([C@H]1CCCO1)N1CCC2(CC1)Nc1cccnc1NC2=NCc1ccccc1. The van der Waals surface area contributed by atoms with Crippen molar-refractivity contribution in [3.8, 4) is 0 Å². The van der Waals surface area contributed by atoms with Gasteiger partial charge in [-0.2, -0.15) is 0 Å². The predicted octanol–water partition coefficient (Wildman–Crippen LogP) is 3.06. The predicted molar refractivity (Wildman–Crippen MR) is 117 cm³/mol. The number of rotatable bonds is 3. The van der Waals surface area contributed by atoms with Crippen LogP contribution in [0.4, 0.5) is 11.5 Å². The van der Waals surface area contributed by atoms with E-state index in [1.54, 1.807) is 6.20 Å². The van der Waals surface area contributed by atoms with E-state index in [0.717, 1.165) is 43.0 Å². The molecule has 156 valence electrons. The molecule has 0 aliphatic carbocycles. The summed E-state index contributed by atoms with van der Waals surface area (Å²) >= 11 is 0. The van der Waals surface area contributed by atoms with E-state index in [0.29, 0.717) is 26.2 Å². The molecule has 2 N–H and O–H groups in total. The number of nitrogens with one attached hydrogen (secondary N) is 2. The van der Waals surface area contributed by atoms with E-state index in [1.165, 1.54) is 5.56 Å². The van der Waals surface area contributed by atoms with E-state index in [2.05, 4.69) is 27.8 Å². The minimum atomic E-state index is -0.321. The molecule has 4 heterocycles. The van der Waals surface area contributed by atoms with E-state index < -0.39 is 0 Å². The summed E-state index contributed by atoms with van der Waals surface area (Å²) < 4.78 is 5.61. The molecule has 1 atom stereocenters. The molecule has 0 unspecified atom stereocenters. The lowest BCUT2D eigenvalue weighted by Gasteiger charge is -2.46. The fourth-order valence-electron chi connectivity index (χ4n) is 4.55. The highest BCUT2D eigenvalue weighted by atomic mass is 16.5. The van der Waals surface area contributed by atoms with Crippen molar-refractivity contribution in [2.75, 3.05) is 30.3 Å². The number of pyridine rings is 1. The zero-order chi connectivity index (χ0) is 20.4. The number of anilines is 2. The van der Waals surface area contributed by atoms with Crippen molar-refractivity contribution in [2.24, 2.45) is 4.99 Å². The molecular weight excluding hydrogens is 378 g/mol. The van der Waals surface area contributed by atoms with Crippen molar-refractivity contribution in [3.63, 3.8) is 0 Å². The third kappa shape index (κ3) is 3.65. The Morgan fingerprint density at radius 1 is 1.20 bits per heavy atom. The van der Waals surface area contributed by atoms with Gasteiger partial charge in [0.05, 0.1) is 17.8 Å². The maximum absolute atomic E-state index is 12.8. The molecule has 2 aromatic rings. The van der Waals surface area contributed by atoms with Gasteiger partial charge in [-0.05, 0) is 43.4 Å². The summed E-state index contributed by atoms with van der Waals surface area (Å²) in [4.78, 5) is 24.2. The molecular formula is C23H27N5O2. The second-order valence-corrected chi connectivity index (χ2v) is 8.21. The van der Waals surface area contributed by atoms with Crippen molar-refractivity contribution in [1.82, 2.24) is 9.88 Å². The molecule has 7 heteroatoms. The first-order valence-corrected chi connectivity index (χ1v) is 10.7. The zero-order valence-electron chi connectivity index (χ0n) is 17.0. The van der Waals surface area contributed by atoms with Gasteiger partial charge in [0.2, 0.25) is 0 Å². The van der Waals surface area contributed by atoms with Crippen LogP contribution in [0.2, 0.25) is 0 Å². The molecule has 1 aromatic carbocycles. The smallest absolute Gasteiger partial charge is 0.251 e. The van der Waals surface area contributed by atoms with Gasteiger partial charge in [0, 0.05) is 25.9 Å². The Labute approximate surface area is 176 Å². The van der Waals surface area contributed by atoms with Crippen LogP contribution in [0.15, 0.2) is 53.7 Å². The first kappa shape index (κ1) is 19.1. The fraction of sp³-hybridized carbons (Fsp3) is 0.435. The Hall–Kier alpha value is -2.93. The second-order valence-electron chi connectivity index (χ2n) is 8.21. The fourth-order valence-corrected chi connectivity index (χ4v) is 4.55. The van der Waals surface area contributed by atoms with Crippen LogP contribution >= 0.6 is 0 Å². The number of ether oxygens (including phenoxy) is 1. The van der Waals surface area contributed by atoms with Gasteiger partial charge in [-0.1, -0.05) is 30.3 Å². The Kier molecular flexibility index (Phi) is 5.12. The van der Waals surface area contributed by atoms with Crippen LogP contribution in [0.25, 0.3) is 0 Å². The van der Waals surface area contributed by atoms with Crippen LogP contribution < -0.4 is 10.6 Å². The number of nitrogens with zero attached hydrogens (tertiary/aromatic N) is 3. The van der Waals surface area contributed by atoms with Crippen LogP contribution in [0.3, 0.4) is 0 Å². The van der Waals surface area contributed by atoms with Gasteiger partial charge < -0.3 is 20.3 Å². The van der Waals surface area contributed by atoms with E-state index in [1.807, 2.05) is 35.2 Å². The number of hydrogen-bond acceptors (Lipinski definition) is 5. The number of hydrogen-bond donors (Lipinski definition) is 2. The molecule has 7 nitrogen and oxygen atoms in total. The van der Waals surface area contributed by atoms with Gasteiger partial charge in [0.25, 0.3) is 5.91 Å². The number of amides is 1. The number of aromatic nitrogens is 1. The van der Waals surface area contributed by atoms with Crippen molar-refractivity contribution in [1.29, 1.82) is 0 Å². The molecule has 2 saturated heterocycles. The van der Waals surface area contributed by atoms with Crippen LogP contribution in [-0.4, -0.2) is 53.0 Å².